The quantitative estimate of drug-likeness (QED) is 0.413. The monoisotopic (exact) mass is 432 g/mol. The zero-order valence-electron chi connectivity index (χ0n) is 17.2. The molecule has 0 aliphatic carbocycles. The first-order valence-corrected chi connectivity index (χ1v) is 10.1. The largest absolute Gasteiger partial charge is 0.378 e. The second-order valence-electron chi connectivity index (χ2n) is 7.22. The van der Waals surface area contributed by atoms with Crippen molar-refractivity contribution < 1.29 is 9.32 Å². The number of rotatable bonds is 6. The summed E-state index contributed by atoms with van der Waals surface area (Å²) in [6.45, 7) is 0.354. The topological polar surface area (TPSA) is 62.5 Å². The van der Waals surface area contributed by atoms with E-state index in [9.17, 15) is 4.79 Å². The average Bonchev–Trinajstić information content (AvgIpc) is 3.29. The lowest BCUT2D eigenvalue weighted by molar-refractivity contribution is 0.0975. The predicted molar refractivity (Wildman–Crippen MR) is 122 cm³/mol. The lowest BCUT2D eigenvalue weighted by Crippen LogP contribution is -2.31. The second kappa shape index (κ2) is 9.02. The number of pyridine rings is 1. The van der Waals surface area contributed by atoms with Crippen LogP contribution in [0, 0.1) is 0 Å². The molecule has 2 aromatic heterocycles. The summed E-state index contributed by atoms with van der Waals surface area (Å²) < 4.78 is 5.42. The number of carbonyl (C=O) groups is 1. The van der Waals surface area contributed by atoms with Gasteiger partial charge in [0.25, 0.3) is 5.91 Å². The summed E-state index contributed by atoms with van der Waals surface area (Å²) in [5, 5.41) is 4.63. The highest BCUT2D eigenvalue weighted by Crippen LogP contribution is 2.25. The zero-order valence-corrected chi connectivity index (χ0v) is 18.0. The van der Waals surface area contributed by atoms with Crippen LogP contribution in [0.1, 0.15) is 16.1 Å². The van der Waals surface area contributed by atoms with Gasteiger partial charge in [0.1, 0.15) is 5.82 Å². The minimum atomic E-state index is -0.292. The lowest BCUT2D eigenvalue weighted by atomic mass is 10.1. The highest BCUT2D eigenvalue weighted by atomic mass is 35.5. The molecule has 0 aliphatic heterocycles. The molecule has 0 N–H and O–H groups in total. The van der Waals surface area contributed by atoms with E-state index in [0.717, 1.165) is 16.8 Å². The van der Waals surface area contributed by atoms with Gasteiger partial charge in [0.05, 0.1) is 6.54 Å². The van der Waals surface area contributed by atoms with Gasteiger partial charge in [-0.05, 0) is 54.1 Å². The summed E-state index contributed by atoms with van der Waals surface area (Å²) in [5.74, 6) is 0.746. The molecule has 4 aromatic rings. The first-order chi connectivity index (χ1) is 15.0. The summed E-state index contributed by atoms with van der Waals surface area (Å²) in [7, 11) is 3.98. The van der Waals surface area contributed by atoms with E-state index in [1.807, 2.05) is 67.5 Å². The molecule has 0 radical (unpaired) electrons. The van der Waals surface area contributed by atoms with Crippen LogP contribution in [-0.2, 0) is 6.54 Å². The van der Waals surface area contributed by atoms with Crippen LogP contribution < -0.4 is 9.80 Å². The summed E-state index contributed by atoms with van der Waals surface area (Å²) in [6.07, 6.45) is 1.66. The molecule has 0 fully saturated rings. The van der Waals surface area contributed by atoms with Gasteiger partial charge in [-0.25, -0.2) is 4.98 Å². The van der Waals surface area contributed by atoms with E-state index >= 15 is 0 Å². The molecule has 4 rings (SSSR count). The van der Waals surface area contributed by atoms with Gasteiger partial charge in [-0.1, -0.05) is 35.0 Å². The lowest BCUT2D eigenvalue weighted by Gasteiger charge is -2.21. The minimum absolute atomic E-state index is 0.209. The molecule has 2 heterocycles. The van der Waals surface area contributed by atoms with Crippen molar-refractivity contribution in [2.45, 2.75) is 6.54 Å². The summed E-state index contributed by atoms with van der Waals surface area (Å²) >= 11 is 5.95. The van der Waals surface area contributed by atoms with E-state index in [2.05, 4.69) is 10.1 Å². The molecule has 31 heavy (non-hydrogen) atoms. The first kappa shape index (κ1) is 20.6. The van der Waals surface area contributed by atoms with Crippen LogP contribution in [-0.4, -0.2) is 30.1 Å². The number of anilines is 2. The summed E-state index contributed by atoms with van der Waals surface area (Å²) in [5.41, 5.74) is 3.06. The van der Waals surface area contributed by atoms with Crippen molar-refractivity contribution in [3.05, 3.63) is 95.3 Å². The van der Waals surface area contributed by atoms with E-state index in [4.69, 9.17) is 16.1 Å². The van der Waals surface area contributed by atoms with E-state index < -0.39 is 0 Å². The van der Waals surface area contributed by atoms with Crippen molar-refractivity contribution in [2.75, 3.05) is 23.9 Å². The minimum Gasteiger partial charge on any atom is -0.378 e. The number of amides is 1. The number of benzene rings is 2. The van der Waals surface area contributed by atoms with Crippen molar-refractivity contribution in [3.63, 3.8) is 0 Å². The molecule has 0 bridgehead atoms. The number of hydrogen-bond acceptors (Lipinski definition) is 5. The van der Waals surface area contributed by atoms with E-state index in [1.54, 1.807) is 35.4 Å². The van der Waals surface area contributed by atoms with Crippen molar-refractivity contribution in [1.29, 1.82) is 0 Å². The fraction of sp³-hybridized carbons (Fsp3) is 0.125. The molecule has 0 unspecified atom stereocenters. The van der Waals surface area contributed by atoms with Gasteiger partial charge < -0.3 is 9.42 Å². The Morgan fingerprint density at radius 2 is 1.74 bits per heavy atom. The molecule has 0 saturated heterocycles. The van der Waals surface area contributed by atoms with Crippen LogP contribution in [0.5, 0.6) is 0 Å². The molecular weight excluding hydrogens is 412 g/mol. The van der Waals surface area contributed by atoms with E-state index in [-0.39, 0.29) is 11.6 Å². The predicted octanol–water partition coefficient (Wildman–Crippen LogP) is 5.30. The van der Waals surface area contributed by atoms with Crippen molar-refractivity contribution in [2.24, 2.45) is 0 Å². The fourth-order valence-corrected chi connectivity index (χ4v) is 3.24. The fourth-order valence-electron chi connectivity index (χ4n) is 3.12. The van der Waals surface area contributed by atoms with Gasteiger partial charge in [0, 0.05) is 42.6 Å². The average molecular weight is 433 g/mol. The standard InChI is InChI=1S/C24H21ClN4O2/c1-28(2)20-12-6-17(7-13-20)16-29(23-5-3-4-14-26-23)24(30)21-15-22(31-27-21)18-8-10-19(25)11-9-18/h3-15H,16H2,1-2H3. The number of carbonyl (C=O) groups excluding carboxylic acids is 1. The van der Waals surface area contributed by atoms with E-state index in [0.29, 0.717) is 23.1 Å². The molecule has 0 atom stereocenters. The van der Waals surface area contributed by atoms with Gasteiger partial charge in [-0.2, -0.15) is 0 Å². The maximum Gasteiger partial charge on any atom is 0.281 e. The Hall–Kier alpha value is -3.64. The van der Waals surface area contributed by atoms with Crippen LogP contribution in [0.3, 0.4) is 0 Å². The third-order valence-electron chi connectivity index (χ3n) is 4.82. The molecule has 0 aliphatic rings. The van der Waals surface area contributed by atoms with Gasteiger partial charge in [0.2, 0.25) is 0 Å². The van der Waals surface area contributed by atoms with Crippen LogP contribution in [0.25, 0.3) is 11.3 Å². The third kappa shape index (κ3) is 4.75. The SMILES string of the molecule is CN(C)c1ccc(CN(C(=O)c2cc(-c3ccc(Cl)cc3)on2)c2ccccn2)cc1. The number of hydrogen-bond donors (Lipinski definition) is 0. The Kier molecular flexibility index (Phi) is 6.00. The first-order valence-electron chi connectivity index (χ1n) is 9.73. The van der Waals surface area contributed by atoms with Gasteiger partial charge in [0.15, 0.2) is 11.5 Å². The highest BCUT2D eigenvalue weighted by Gasteiger charge is 2.23. The molecular formula is C24H21ClN4O2. The number of nitrogens with zero attached hydrogens (tertiary/aromatic N) is 4. The summed E-state index contributed by atoms with van der Waals surface area (Å²) in [6, 6.07) is 22.3. The molecule has 0 saturated carbocycles. The number of halogens is 1. The molecule has 2 aromatic carbocycles. The van der Waals surface area contributed by atoms with Crippen LogP contribution in [0.2, 0.25) is 5.02 Å². The Labute approximate surface area is 185 Å². The summed E-state index contributed by atoms with van der Waals surface area (Å²) in [4.78, 5) is 21.3. The van der Waals surface area contributed by atoms with Gasteiger partial charge >= 0.3 is 0 Å². The van der Waals surface area contributed by atoms with E-state index in [1.165, 1.54) is 0 Å². The molecule has 7 heteroatoms. The molecule has 1 amide bonds. The second-order valence-corrected chi connectivity index (χ2v) is 7.66. The Morgan fingerprint density at radius 1 is 1.00 bits per heavy atom. The van der Waals surface area contributed by atoms with Crippen molar-refractivity contribution in [3.8, 4) is 11.3 Å². The third-order valence-corrected chi connectivity index (χ3v) is 5.07. The van der Waals surface area contributed by atoms with Crippen LogP contribution in [0.15, 0.2) is 83.5 Å². The zero-order chi connectivity index (χ0) is 21.8. The van der Waals surface area contributed by atoms with Crippen LogP contribution in [0.4, 0.5) is 11.5 Å². The smallest absolute Gasteiger partial charge is 0.281 e. The van der Waals surface area contributed by atoms with Crippen molar-refractivity contribution >= 4 is 29.0 Å². The van der Waals surface area contributed by atoms with Crippen LogP contribution >= 0.6 is 11.6 Å². The molecule has 0 spiro atoms. The molecule has 6 nitrogen and oxygen atoms in total. The normalized spacial score (nSPS) is 10.7. The number of aromatic nitrogens is 2. The molecule has 156 valence electrons. The van der Waals surface area contributed by atoms with Crippen molar-refractivity contribution in [1.82, 2.24) is 10.1 Å². The maximum absolute atomic E-state index is 13.4. The Balaban J connectivity index is 1.62. The highest BCUT2D eigenvalue weighted by molar-refractivity contribution is 6.30. The van der Waals surface area contributed by atoms with Gasteiger partial charge in [-0.15, -0.1) is 0 Å². The maximum atomic E-state index is 13.4. The van der Waals surface area contributed by atoms with Gasteiger partial charge in [-0.3, -0.25) is 9.69 Å². The Bertz CT molecular complexity index is 1160. The Morgan fingerprint density at radius 3 is 2.39 bits per heavy atom.